The highest BCUT2D eigenvalue weighted by atomic mass is 19.3. The fourth-order valence-electron chi connectivity index (χ4n) is 0.814. The Labute approximate surface area is 93.1 Å². The normalized spacial score (nSPS) is 15.8. The first kappa shape index (κ1) is 14.7. The first-order valence-corrected chi connectivity index (χ1v) is 4.76. The molecule has 2 N–H and O–H groups in total. The summed E-state index contributed by atoms with van der Waals surface area (Å²) in [6.45, 7) is 5.86. The summed E-state index contributed by atoms with van der Waals surface area (Å²) in [6.07, 6.45) is -1.83. The molecule has 1 unspecified atom stereocenters. The Morgan fingerprint density at radius 2 is 2.12 bits per heavy atom. The minimum absolute atomic E-state index is 0.00343. The highest BCUT2D eigenvalue weighted by molar-refractivity contribution is 5.21. The van der Waals surface area contributed by atoms with Crippen LogP contribution in [0.1, 0.15) is 13.8 Å². The molecule has 0 saturated heterocycles. The van der Waals surface area contributed by atoms with E-state index in [4.69, 9.17) is 10.3 Å². The van der Waals surface area contributed by atoms with Gasteiger partial charge in [0, 0.05) is 5.92 Å². The van der Waals surface area contributed by atoms with Crippen molar-refractivity contribution in [1.82, 2.24) is 0 Å². The van der Waals surface area contributed by atoms with Crippen LogP contribution in [-0.2, 0) is 4.74 Å². The quantitative estimate of drug-likeness (QED) is 0.404. The van der Waals surface area contributed by atoms with Crippen LogP contribution in [-0.4, -0.2) is 24.2 Å². The lowest BCUT2D eigenvalue weighted by Gasteiger charge is -2.14. The number of ether oxygens (including phenoxy) is 1. The maximum atomic E-state index is 11.9. The number of nitrogens with zero attached hydrogens (tertiary/aromatic N) is 1. The zero-order valence-corrected chi connectivity index (χ0v) is 9.28. The van der Waals surface area contributed by atoms with E-state index in [1.54, 1.807) is 13.8 Å². The van der Waals surface area contributed by atoms with Crippen molar-refractivity contribution in [2.45, 2.75) is 26.4 Å². The summed E-state index contributed by atoms with van der Waals surface area (Å²) in [4.78, 5) is 0. The molecule has 6 heteroatoms. The predicted molar refractivity (Wildman–Crippen MR) is 55.2 cm³/mol. The van der Waals surface area contributed by atoms with Gasteiger partial charge in [0.25, 0.3) is 6.43 Å². The third kappa shape index (κ3) is 5.55. The SMILES string of the molecule is C=C(N=N)/C(=C\C(C)[C@H](C)O)OCC(F)F. The van der Waals surface area contributed by atoms with Crippen molar-refractivity contribution in [2.75, 3.05) is 6.61 Å². The van der Waals surface area contributed by atoms with Gasteiger partial charge in [0.2, 0.25) is 0 Å². The molecule has 0 bridgehead atoms. The second-order valence-electron chi connectivity index (χ2n) is 3.39. The van der Waals surface area contributed by atoms with Gasteiger partial charge >= 0.3 is 0 Å². The van der Waals surface area contributed by atoms with E-state index < -0.39 is 19.1 Å². The molecule has 0 aliphatic carbocycles. The summed E-state index contributed by atoms with van der Waals surface area (Å²) in [6, 6.07) is 0. The van der Waals surface area contributed by atoms with Gasteiger partial charge in [-0.15, -0.1) is 0 Å². The lowest BCUT2D eigenvalue weighted by Crippen LogP contribution is -2.13. The van der Waals surface area contributed by atoms with E-state index >= 15 is 0 Å². The van der Waals surface area contributed by atoms with Crippen LogP contribution in [0.5, 0.6) is 0 Å². The fourth-order valence-corrected chi connectivity index (χ4v) is 0.814. The van der Waals surface area contributed by atoms with Crippen LogP contribution in [0.4, 0.5) is 8.78 Å². The summed E-state index contributed by atoms with van der Waals surface area (Å²) >= 11 is 0. The van der Waals surface area contributed by atoms with Gasteiger partial charge in [-0.1, -0.05) is 13.5 Å². The molecule has 0 heterocycles. The molecule has 92 valence electrons. The van der Waals surface area contributed by atoms with Crippen LogP contribution >= 0.6 is 0 Å². The summed E-state index contributed by atoms with van der Waals surface area (Å²) in [7, 11) is 0. The average Bonchev–Trinajstić information content (AvgIpc) is 2.22. The Morgan fingerprint density at radius 1 is 1.56 bits per heavy atom. The maximum Gasteiger partial charge on any atom is 0.272 e. The largest absolute Gasteiger partial charge is 0.486 e. The summed E-state index contributed by atoms with van der Waals surface area (Å²) in [5.41, 5.74) is 6.68. The van der Waals surface area contributed by atoms with Gasteiger partial charge < -0.3 is 9.84 Å². The lowest BCUT2D eigenvalue weighted by atomic mass is 10.1. The molecule has 16 heavy (non-hydrogen) atoms. The molecule has 0 aliphatic rings. The van der Waals surface area contributed by atoms with E-state index in [0.29, 0.717) is 0 Å². The topological polar surface area (TPSA) is 65.7 Å². The standard InChI is InChI=1S/C10H16F2N2O2/c1-6(8(3)15)4-9(7(2)14-13)16-5-10(11)12/h4,6,8,10,13,15H,2,5H2,1,3H3/b9-4+,14-13?/t6?,8-/m0/s1. The number of aliphatic hydroxyl groups excluding tert-OH is 1. The molecule has 0 amide bonds. The monoisotopic (exact) mass is 234 g/mol. The Bertz CT molecular complexity index is 278. The molecule has 0 aliphatic heterocycles. The van der Waals surface area contributed by atoms with Crippen LogP contribution in [0.2, 0.25) is 0 Å². The van der Waals surface area contributed by atoms with Crippen LogP contribution in [0.15, 0.2) is 29.2 Å². The first-order valence-electron chi connectivity index (χ1n) is 4.76. The number of halogens is 2. The molecule has 2 atom stereocenters. The van der Waals surface area contributed by atoms with Gasteiger partial charge in [-0.25, -0.2) is 14.3 Å². The zero-order valence-electron chi connectivity index (χ0n) is 9.28. The molecule has 0 aromatic carbocycles. The van der Waals surface area contributed by atoms with Gasteiger partial charge in [0.15, 0.2) is 0 Å². The van der Waals surface area contributed by atoms with Crippen LogP contribution in [0, 0.1) is 11.4 Å². The van der Waals surface area contributed by atoms with Crippen molar-refractivity contribution < 1.29 is 18.6 Å². The number of rotatable bonds is 7. The summed E-state index contributed by atoms with van der Waals surface area (Å²) in [5, 5.41) is 12.3. The van der Waals surface area contributed by atoms with Crippen LogP contribution in [0.25, 0.3) is 0 Å². The molecule has 0 radical (unpaired) electrons. The van der Waals surface area contributed by atoms with Crippen molar-refractivity contribution in [2.24, 2.45) is 11.0 Å². The minimum Gasteiger partial charge on any atom is -0.486 e. The number of hydrogen-bond acceptors (Lipinski definition) is 4. The highest BCUT2D eigenvalue weighted by Crippen LogP contribution is 2.17. The summed E-state index contributed by atoms with van der Waals surface area (Å²) < 4.78 is 28.7. The third-order valence-corrected chi connectivity index (χ3v) is 1.96. The minimum atomic E-state index is -2.61. The number of nitrogens with one attached hydrogen (secondary N) is 1. The van der Waals surface area contributed by atoms with Crippen LogP contribution in [0.3, 0.4) is 0 Å². The second kappa shape index (κ2) is 7.05. The van der Waals surface area contributed by atoms with E-state index in [-0.39, 0.29) is 17.4 Å². The molecular weight excluding hydrogens is 218 g/mol. The molecule has 0 aromatic heterocycles. The van der Waals surface area contributed by atoms with Gasteiger partial charge in [-0.05, 0) is 13.0 Å². The summed E-state index contributed by atoms with van der Waals surface area (Å²) in [5.74, 6) is -0.296. The van der Waals surface area contributed by atoms with Gasteiger partial charge in [-0.2, -0.15) is 5.11 Å². The zero-order chi connectivity index (χ0) is 12.7. The molecule has 4 nitrogen and oxygen atoms in total. The Morgan fingerprint density at radius 3 is 2.50 bits per heavy atom. The van der Waals surface area contributed by atoms with E-state index in [1.807, 2.05) is 0 Å². The second-order valence-corrected chi connectivity index (χ2v) is 3.39. The molecule has 0 saturated carbocycles. The van der Waals surface area contributed by atoms with Crippen molar-refractivity contribution in [3.8, 4) is 0 Å². The smallest absolute Gasteiger partial charge is 0.272 e. The van der Waals surface area contributed by atoms with Gasteiger partial charge in [-0.3, -0.25) is 0 Å². The van der Waals surface area contributed by atoms with Crippen molar-refractivity contribution in [3.05, 3.63) is 24.1 Å². The molecule has 0 aromatic rings. The molecule has 0 spiro atoms. The van der Waals surface area contributed by atoms with Crippen molar-refractivity contribution in [1.29, 1.82) is 5.53 Å². The predicted octanol–water partition coefficient (Wildman–Crippen LogP) is 2.71. The van der Waals surface area contributed by atoms with Gasteiger partial charge in [0.05, 0.1) is 6.10 Å². The van der Waals surface area contributed by atoms with Crippen molar-refractivity contribution >= 4 is 0 Å². The number of hydrogen-bond donors (Lipinski definition) is 2. The van der Waals surface area contributed by atoms with E-state index in [0.717, 1.165) is 0 Å². The third-order valence-electron chi connectivity index (χ3n) is 1.96. The average molecular weight is 234 g/mol. The maximum absolute atomic E-state index is 11.9. The van der Waals surface area contributed by atoms with E-state index in [2.05, 4.69) is 11.7 Å². The Kier molecular flexibility index (Phi) is 6.48. The number of aliphatic hydroxyl groups is 1. The van der Waals surface area contributed by atoms with Crippen molar-refractivity contribution in [3.63, 3.8) is 0 Å². The lowest BCUT2D eigenvalue weighted by molar-refractivity contribution is 0.0496. The Balaban J connectivity index is 4.66. The molecule has 0 fully saturated rings. The van der Waals surface area contributed by atoms with Gasteiger partial charge in [0.1, 0.15) is 18.1 Å². The molecular formula is C10H16F2N2O2. The van der Waals surface area contributed by atoms with E-state index in [1.165, 1.54) is 6.08 Å². The fraction of sp³-hybridized carbons (Fsp3) is 0.600. The number of alkyl halides is 2. The highest BCUT2D eigenvalue weighted by Gasteiger charge is 2.12. The molecule has 0 rings (SSSR count). The van der Waals surface area contributed by atoms with E-state index in [9.17, 15) is 13.9 Å². The Hall–Kier alpha value is -1.30. The first-order chi connectivity index (χ1) is 7.38. The van der Waals surface area contributed by atoms with Crippen LogP contribution < -0.4 is 0 Å².